The van der Waals surface area contributed by atoms with Gasteiger partial charge in [0.15, 0.2) is 16.4 Å². The third-order valence-electron chi connectivity index (χ3n) is 5.09. The molecule has 4 rings (SSSR count). The molecule has 6 nitrogen and oxygen atoms in total. The number of hydrogen-bond acceptors (Lipinski definition) is 4. The fourth-order valence-corrected chi connectivity index (χ4v) is 4.44. The van der Waals surface area contributed by atoms with Crippen LogP contribution < -0.4 is 10.6 Å². The second kappa shape index (κ2) is 8.34. The van der Waals surface area contributed by atoms with Gasteiger partial charge in [0.05, 0.1) is 10.5 Å². The maximum Gasteiger partial charge on any atom is 0.410 e. The van der Waals surface area contributed by atoms with E-state index in [0.717, 1.165) is 10.2 Å². The number of fused-ring (bicyclic) bond motifs is 1. The van der Waals surface area contributed by atoms with Crippen molar-refractivity contribution in [3.63, 3.8) is 0 Å². The lowest BCUT2D eigenvalue weighted by Gasteiger charge is -2.32. The van der Waals surface area contributed by atoms with Crippen LogP contribution in [0.3, 0.4) is 0 Å². The molecule has 3 aromatic rings. The molecule has 0 spiro atoms. The van der Waals surface area contributed by atoms with Gasteiger partial charge in [-0.2, -0.15) is 18.3 Å². The van der Waals surface area contributed by atoms with E-state index in [0.29, 0.717) is 22.5 Å². The summed E-state index contributed by atoms with van der Waals surface area (Å²) in [5, 5.41) is 9.79. The maximum absolute atomic E-state index is 13.9. The normalized spacial score (nSPS) is 18.4. The van der Waals surface area contributed by atoms with Crippen LogP contribution in [0.4, 0.5) is 24.7 Å². The van der Waals surface area contributed by atoms with Gasteiger partial charge < -0.3 is 15.1 Å². The number of amides is 1. The van der Waals surface area contributed by atoms with Crippen LogP contribution in [0, 0.1) is 0 Å². The summed E-state index contributed by atoms with van der Waals surface area (Å²) in [6.07, 6.45) is -4.20. The van der Waals surface area contributed by atoms with Crippen molar-refractivity contribution in [2.45, 2.75) is 38.0 Å². The van der Waals surface area contributed by atoms with E-state index < -0.39 is 24.2 Å². The first-order chi connectivity index (χ1) is 14.7. The average molecular weight is 562 g/mol. The molecule has 1 aromatic carbocycles. The van der Waals surface area contributed by atoms with Crippen molar-refractivity contribution in [2.75, 3.05) is 10.6 Å². The van der Waals surface area contributed by atoms with Crippen LogP contribution in [-0.2, 0) is 6.42 Å². The van der Waals surface area contributed by atoms with E-state index in [1.165, 1.54) is 0 Å². The number of carbonyl (C=O) groups is 1. The van der Waals surface area contributed by atoms with E-state index in [-0.39, 0.29) is 22.4 Å². The van der Waals surface area contributed by atoms with Gasteiger partial charge in [0.25, 0.3) is 5.91 Å². The molecule has 1 aliphatic rings. The van der Waals surface area contributed by atoms with Gasteiger partial charge in [-0.05, 0) is 62.0 Å². The van der Waals surface area contributed by atoms with Crippen LogP contribution in [0.25, 0.3) is 0 Å². The number of alkyl halides is 3. The number of furan rings is 1. The van der Waals surface area contributed by atoms with E-state index in [1.807, 2.05) is 19.1 Å². The van der Waals surface area contributed by atoms with Gasteiger partial charge in [0, 0.05) is 12.1 Å². The van der Waals surface area contributed by atoms with Gasteiger partial charge in [-0.15, -0.1) is 0 Å². The lowest BCUT2D eigenvalue weighted by Crippen LogP contribution is -2.35. The molecule has 2 unspecified atom stereocenters. The summed E-state index contributed by atoms with van der Waals surface area (Å²) in [7, 11) is 0. The Kier molecular flexibility index (Phi) is 5.91. The van der Waals surface area contributed by atoms with Crippen molar-refractivity contribution < 1.29 is 22.4 Å². The molecule has 0 saturated heterocycles. The molecule has 0 radical (unpaired) electrons. The Morgan fingerprint density at radius 3 is 2.68 bits per heavy atom. The summed E-state index contributed by atoms with van der Waals surface area (Å²) in [6.45, 7) is 1.95. The number of benzene rings is 1. The van der Waals surface area contributed by atoms with E-state index in [2.05, 4.69) is 47.6 Å². The van der Waals surface area contributed by atoms with Crippen molar-refractivity contribution in [3.8, 4) is 0 Å². The van der Waals surface area contributed by atoms with Gasteiger partial charge in [-0.1, -0.05) is 25.1 Å². The number of nitrogens with one attached hydrogen (secondary N) is 2. The van der Waals surface area contributed by atoms with Gasteiger partial charge in [-0.25, -0.2) is 4.68 Å². The number of nitrogens with zero attached hydrogens (tertiary/aromatic N) is 2. The van der Waals surface area contributed by atoms with E-state index in [9.17, 15) is 18.0 Å². The van der Waals surface area contributed by atoms with E-state index in [1.54, 1.807) is 24.3 Å². The lowest BCUT2D eigenvalue weighted by molar-refractivity contribution is -0.174. The smallest absolute Gasteiger partial charge is 0.410 e. The molecule has 0 saturated carbocycles. The monoisotopic (exact) mass is 560 g/mol. The first-order valence-corrected chi connectivity index (χ1v) is 11.0. The first kappa shape index (κ1) is 21.9. The second-order valence-electron chi connectivity index (χ2n) is 7.05. The number of aromatic nitrogens is 2. The highest BCUT2D eigenvalue weighted by Crippen LogP contribution is 2.46. The predicted molar refractivity (Wildman–Crippen MR) is 116 cm³/mol. The molecule has 1 aliphatic heterocycles. The van der Waals surface area contributed by atoms with Gasteiger partial charge >= 0.3 is 6.18 Å². The fourth-order valence-electron chi connectivity index (χ4n) is 3.57. The molecule has 2 N–H and O–H groups in total. The molecule has 0 fully saturated rings. The highest BCUT2D eigenvalue weighted by atomic mass is 79.9. The molecule has 164 valence electrons. The minimum absolute atomic E-state index is 0.0695. The Morgan fingerprint density at radius 1 is 1.29 bits per heavy atom. The van der Waals surface area contributed by atoms with Crippen LogP contribution in [0.1, 0.15) is 47.2 Å². The number of para-hydroxylation sites is 1. The molecule has 3 heterocycles. The Balaban J connectivity index is 1.70. The molecule has 11 heteroatoms. The van der Waals surface area contributed by atoms with Crippen LogP contribution in [0.5, 0.6) is 0 Å². The fraction of sp³-hybridized carbons (Fsp3) is 0.300. The topological polar surface area (TPSA) is 72.1 Å². The second-order valence-corrected chi connectivity index (χ2v) is 8.63. The Morgan fingerprint density at radius 2 is 2.03 bits per heavy atom. The molecule has 31 heavy (non-hydrogen) atoms. The Bertz CT molecular complexity index is 1130. The minimum Gasteiger partial charge on any atom is -0.452 e. The van der Waals surface area contributed by atoms with Crippen LogP contribution >= 0.6 is 31.9 Å². The van der Waals surface area contributed by atoms with Crippen LogP contribution in [0.2, 0.25) is 0 Å². The Hall–Kier alpha value is -2.27. The number of hydrogen-bond donors (Lipinski definition) is 2. The highest BCUT2D eigenvalue weighted by Gasteiger charge is 2.48. The predicted octanol–water partition coefficient (Wildman–Crippen LogP) is 6.48. The Labute approximate surface area is 192 Å². The van der Waals surface area contributed by atoms with E-state index >= 15 is 0 Å². The molecule has 2 aromatic heterocycles. The average Bonchev–Trinajstić information content (AvgIpc) is 3.30. The molecule has 0 aliphatic carbocycles. The number of aryl methyl sites for hydroxylation is 1. The van der Waals surface area contributed by atoms with Gasteiger partial charge in [0.1, 0.15) is 11.6 Å². The summed E-state index contributed by atoms with van der Waals surface area (Å²) < 4.78 is 48.4. The van der Waals surface area contributed by atoms with E-state index in [4.69, 9.17) is 4.42 Å². The third-order valence-corrected chi connectivity index (χ3v) is 6.27. The molecule has 1 amide bonds. The zero-order chi connectivity index (χ0) is 22.3. The molecule has 2 atom stereocenters. The SMILES string of the molecule is CCc1ccccc1NC(=O)c1nn2c(c1Br)NC(c1ccc(Br)o1)CC2C(F)(F)F. The first-order valence-electron chi connectivity index (χ1n) is 9.44. The number of rotatable bonds is 4. The number of halogens is 5. The maximum atomic E-state index is 13.9. The van der Waals surface area contributed by atoms with Crippen molar-refractivity contribution in [1.29, 1.82) is 0 Å². The standard InChI is InChI=1S/C20H17Br2F3N4O2/c1-2-10-5-3-4-6-11(10)27-19(30)17-16(22)18-26-12(13-7-8-15(21)31-13)9-14(20(23,24)25)29(18)28-17/h3-8,12,14,26H,2,9H2,1H3,(H,27,30). The summed E-state index contributed by atoms with van der Waals surface area (Å²) in [5.41, 5.74) is 1.36. The van der Waals surface area contributed by atoms with Crippen molar-refractivity contribution >= 4 is 49.3 Å². The largest absolute Gasteiger partial charge is 0.452 e. The summed E-state index contributed by atoms with van der Waals surface area (Å²) >= 11 is 6.44. The highest BCUT2D eigenvalue weighted by molar-refractivity contribution is 9.10. The van der Waals surface area contributed by atoms with Crippen LogP contribution in [-0.4, -0.2) is 21.9 Å². The van der Waals surface area contributed by atoms with Crippen LogP contribution in [0.15, 0.2) is 50.0 Å². The quantitative estimate of drug-likeness (QED) is 0.382. The number of anilines is 2. The molecular formula is C20H17Br2F3N4O2. The van der Waals surface area contributed by atoms with Crippen molar-refractivity contribution in [1.82, 2.24) is 9.78 Å². The number of carbonyl (C=O) groups excluding carboxylic acids is 1. The minimum atomic E-state index is -4.56. The van der Waals surface area contributed by atoms with Crippen molar-refractivity contribution in [3.05, 3.63) is 62.6 Å². The van der Waals surface area contributed by atoms with Gasteiger partial charge in [0.2, 0.25) is 0 Å². The van der Waals surface area contributed by atoms with Gasteiger partial charge in [-0.3, -0.25) is 4.79 Å². The summed E-state index contributed by atoms with van der Waals surface area (Å²) in [5.74, 6) is -0.182. The lowest BCUT2D eigenvalue weighted by atomic mass is 10.0. The molecular weight excluding hydrogens is 545 g/mol. The summed E-state index contributed by atoms with van der Waals surface area (Å²) in [6, 6.07) is 7.79. The molecule has 0 bridgehead atoms. The zero-order valence-electron chi connectivity index (χ0n) is 16.1. The third kappa shape index (κ3) is 4.25. The summed E-state index contributed by atoms with van der Waals surface area (Å²) in [4.78, 5) is 12.9. The zero-order valence-corrected chi connectivity index (χ0v) is 19.3. The van der Waals surface area contributed by atoms with Crippen molar-refractivity contribution in [2.24, 2.45) is 0 Å².